The maximum atomic E-state index is 12.9. The highest BCUT2D eigenvalue weighted by Crippen LogP contribution is 2.29. The van der Waals surface area contributed by atoms with Crippen molar-refractivity contribution in [2.24, 2.45) is 5.92 Å². The third-order valence-corrected chi connectivity index (χ3v) is 5.84. The summed E-state index contributed by atoms with van der Waals surface area (Å²) in [6.45, 7) is 5.29. The van der Waals surface area contributed by atoms with Crippen LogP contribution >= 0.6 is 0 Å². The molecule has 2 unspecified atom stereocenters. The second-order valence-electron chi connectivity index (χ2n) is 7.76. The van der Waals surface area contributed by atoms with Gasteiger partial charge in [-0.2, -0.15) is 0 Å². The minimum absolute atomic E-state index is 0.0296. The lowest BCUT2D eigenvalue weighted by molar-refractivity contribution is -0.142. The van der Waals surface area contributed by atoms with Crippen LogP contribution < -0.4 is 10.1 Å². The smallest absolute Gasteiger partial charge is 0.243 e. The molecule has 1 N–H and O–H groups in total. The zero-order valence-corrected chi connectivity index (χ0v) is 16.6. The number of ether oxygens (including phenoxy) is 1. The van der Waals surface area contributed by atoms with E-state index in [1.807, 2.05) is 43.0 Å². The molecule has 5 heteroatoms. The monoisotopic (exact) mass is 372 g/mol. The molecule has 1 saturated heterocycles. The Kier molecular flexibility index (Phi) is 6.75. The molecule has 5 nitrogen and oxygen atoms in total. The van der Waals surface area contributed by atoms with Crippen LogP contribution in [0.25, 0.3) is 0 Å². The van der Waals surface area contributed by atoms with Gasteiger partial charge in [-0.3, -0.25) is 9.59 Å². The molecule has 0 bridgehead atoms. The van der Waals surface area contributed by atoms with E-state index in [1.54, 1.807) is 0 Å². The van der Waals surface area contributed by atoms with Crippen molar-refractivity contribution in [1.82, 2.24) is 10.2 Å². The van der Waals surface area contributed by atoms with Gasteiger partial charge in [0.05, 0.1) is 12.6 Å². The van der Waals surface area contributed by atoms with Crippen LogP contribution in [0.15, 0.2) is 24.3 Å². The molecular formula is C22H32N2O3. The molecule has 1 aliphatic carbocycles. The largest absolute Gasteiger partial charge is 0.494 e. The molecular weight excluding hydrogens is 340 g/mol. The number of nitrogens with one attached hydrogen (secondary N) is 1. The quantitative estimate of drug-likeness (QED) is 0.825. The van der Waals surface area contributed by atoms with Crippen molar-refractivity contribution in [3.8, 4) is 5.75 Å². The van der Waals surface area contributed by atoms with E-state index in [0.29, 0.717) is 13.2 Å². The van der Waals surface area contributed by atoms with E-state index < -0.39 is 0 Å². The summed E-state index contributed by atoms with van der Waals surface area (Å²) in [5.74, 6) is 1.12. The standard InChI is InChI=1S/C22H32N2O3/c1-3-27-19-13-11-17(12-14-19)16(2)23-21(25)20-10-7-15-24(20)22(26)18-8-5-4-6-9-18/h11-14,16,18,20H,3-10,15H2,1-2H3,(H,23,25). The summed E-state index contributed by atoms with van der Waals surface area (Å²) in [6.07, 6.45) is 7.13. The van der Waals surface area contributed by atoms with Crippen LogP contribution in [-0.4, -0.2) is 35.9 Å². The number of carbonyl (C=O) groups excluding carboxylic acids is 2. The zero-order chi connectivity index (χ0) is 19.2. The van der Waals surface area contributed by atoms with Crippen molar-refractivity contribution >= 4 is 11.8 Å². The van der Waals surface area contributed by atoms with Crippen LogP contribution in [-0.2, 0) is 9.59 Å². The van der Waals surface area contributed by atoms with Gasteiger partial charge in [0, 0.05) is 12.5 Å². The van der Waals surface area contributed by atoms with Gasteiger partial charge in [-0.1, -0.05) is 31.4 Å². The van der Waals surface area contributed by atoms with E-state index in [9.17, 15) is 9.59 Å². The number of nitrogens with zero attached hydrogens (tertiary/aromatic N) is 1. The van der Waals surface area contributed by atoms with E-state index in [2.05, 4.69) is 5.32 Å². The Balaban J connectivity index is 1.59. The molecule has 0 aromatic heterocycles. The molecule has 1 aromatic rings. The summed E-state index contributed by atoms with van der Waals surface area (Å²) in [5, 5.41) is 3.10. The highest BCUT2D eigenvalue weighted by Gasteiger charge is 2.37. The number of hydrogen-bond donors (Lipinski definition) is 1. The van der Waals surface area contributed by atoms with Crippen molar-refractivity contribution < 1.29 is 14.3 Å². The third-order valence-electron chi connectivity index (χ3n) is 5.84. The molecule has 1 aromatic carbocycles. The summed E-state index contributed by atoms with van der Waals surface area (Å²) in [4.78, 5) is 27.6. The normalized spacial score (nSPS) is 21.7. The van der Waals surface area contributed by atoms with Crippen molar-refractivity contribution in [2.75, 3.05) is 13.2 Å². The fourth-order valence-corrected chi connectivity index (χ4v) is 4.30. The topological polar surface area (TPSA) is 58.6 Å². The molecule has 3 rings (SSSR count). The summed E-state index contributed by atoms with van der Waals surface area (Å²) >= 11 is 0. The number of benzene rings is 1. The minimum Gasteiger partial charge on any atom is -0.494 e. The van der Waals surface area contributed by atoms with Gasteiger partial charge in [0.15, 0.2) is 0 Å². The Hall–Kier alpha value is -2.04. The van der Waals surface area contributed by atoms with Crippen LogP contribution in [0.5, 0.6) is 5.75 Å². The second kappa shape index (κ2) is 9.25. The summed E-state index contributed by atoms with van der Waals surface area (Å²) in [5.41, 5.74) is 1.04. The number of amides is 2. The molecule has 0 spiro atoms. The van der Waals surface area contributed by atoms with Crippen molar-refractivity contribution in [3.05, 3.63) is 29.8 Å². The first-order chi connectivity index (χ1) is 13.1. The molecule has 1 saturated carbocycles. The van der Waals surface area contributed by atoms with E-state index in [0.717, 1.165) is 49.8 Å². The summed E-state index contributed by atoms with van der Waals surface area (Å²) < 4.78 is 5.47. The average molecular weight is 373 g/mol. The molecule has 27 heavy (non-hydrogen) atoms. The Morgan fingerprint density at radius 2 is 1.81 bits per heavy atom. The zero-order valence-electron chi connectivity index (χ0n) is 16.6. The fraction of sp³-hybridized carbons (Fsp3) is 0.636. The van der Waals surface area contributed by atoms with Crippen LogP contribution in [0.4, 0.5) is 0 Å². The predicted molar refractivity (Wildman–Crippen MR) is 105 cm³/mol. The number of rotatable bonds is 6. The van der Waals surface area contributed by atoms with E-state index in [4.69, 9.17) is 4.74 Å². The van der Waals surface area contributed by atoms with E-state index in [-0.39, 0.29) is 29.8 Å². The number of carbonyl (C=O) groups is 2. The molecule has 2 aliphatic rings. The Labute approximate surface area is 162 Å². The minimum atomic E-state index is -0.315. The van der Waals surface area contributed by atoms with E-state index >= 15 is 0 Å². The Morgan fingerprint density at radius 3 is 2.48 bits per heavy atom. The molecule has 2 atom stereocenters. The van der Waals surface area contributed by atoms with Gasteiger partial charge in [0.1, 0.15) is 11.8 Å². The first-order valence-corrected chi connectivity index (χ1v) is 10.4. The van der Waals surface area contributed by atoms with Gasteiger partial charge >= 0.3 is 0 Å². The molecule has 2 fully saturated rings. The van der Waals surface area contributed by atoms with Crippen LogP contribution in [0.2, 0.25) is 0 Å². The lowest BCUT2D eigenvalue weighted by Gasteiger charge is -2.30. The van der Waals surface area contributed by atoms with Crippen molar-refractivity contribution in [2.45, 2.75) is 70.9 Å². The second-order valence-corrected chi connectivity index (χ2v) is 7.76. The van der Waals surface area contributed by atoms with Gasteiger partial charge in [-0.15, -0.1) is 0 Å². The fourth-order valence-electron chi connectivity index (χ4n) is 4.30. The van der Waals surface area contributed by atoms with Gasteiger partial charge in [0.2, 0.25) is 11.8 Å². The lowest BCUT2D eigenvalue weighted by atomic mass is 9.88. The molecule has 0 radical (unpaired) electrons. The summed E-state index contributed by atoms with van der Waals surface area (Å²) in [7, 11) is 0. The van der Waals surface area contributed by atoms with Crippen LogP contribution in [0.1, 0.15) is 70.4 Å². The number of likely N-dealkylation sites (tertiary alicyclic amines) is 1. The van der Waals surface area contributed by atoms with Crippen molar-refractivity contribution in [1.29, 1.82) is 0 Å². The Bertz CT molecular complexity index is 637. The SMILES string of the molecule is CCOc1ccc(C(C)NC(=O)C2CCCN2C(=O)C2CCCCC2)cc1. The van der Waals surface area contributed by atoms with Crippen LogP contribution in [0.3, 0.4) is 0 Å². The lowest BCUT2D eigenvalue weighted by Crippen LogP contribution is -2.48. The summed E-state index contributed by atoms with van der Waals surface area (Å²) in [6, 6.07) is 7.40. The molecule has 1 heterocycles. The van der Waals surface area contributed by atoms with Gasteiger partial charge in [-0.25, -0.2) is 0 Å². The Morgan fingerprint density at radius 1 is 1.11 bits per heavy atom. The first kappa shape index (κ1) is 19.7. The first-order valence-electron chi connectivity index (χ1n) is 10.4. The maximum Gasteiger partial charge on any atom is 0.243 e. The van der Waals surface area contributed by atoms with Crippen molar-refractivity contribution in [3.63, 3.8) is 0 Å². The highest BCUT2D eigenvalue weighted by molar-refractivity contribution is 5.89. The van der Waals surface area contributed by atoms with E-state index in [1.165, 1.54) is 6.42 Å². The molecule has 2 amide bonds. The highest BCUT2D eigenvalue weighted by atomic mass is 16.5. The van der Waals surface area contributed by atoms with Gasteiger partial charge < -0.3 is 15.0 Å². The van der Waals surface area contributed by atoms with Gasteiger partial charge in [0.25, 0.3) is 0 Å². The third kappa shape index (κ3) is 4.82. The average Bonchev–Trinajstić information content (AvgIpc) is 3.19. The molecule has 1 aliphatic heterocycles. The molecule has 148 valence electrons. The van der Waals surface area contributed by atoms with Crippen LogP contribution in [0, 0.1) is 5.92 Å². The number of hydrogen-bond acceptors (Lipinski definition) is 3. The van der Waals surface area contributed by atoms with Gasteiger partial charge in [-0.05, 0) is 57.2 Å². The maximum absolute atomic E-state index is 12.9. The predicted octanol–water partition coefficient (Wildman–Crippen LogP) is 3.83.